The Labute approximate surface area is 127 Å². The molecule has 1 saturated carbocycles. The molecule has 1 aliphatic carbocycles. The van der Waals surface area contributed by atoms with Gasteiger partial charge in [0.25, 0.3) is 5.91 Å². The number of benzene rings is 1. The van der Waals surface area contributed by atoms with Crippen molar-refractivity contribution in [3.05, 3.63) is 29.3 Å². The number of nitrogens with two attached hydrogens (primary N) is 1. The largest absolute Gasteiger partial charge is 0.496 e. The standard InChI is InChI=1S/C17H26N2O2/c1-13-6-7-14(10-15(13)21-2)16(20)19-12-17(11-18)8-4-3-5-9-17/h6-7,10H,3-5,8-9,11-12,18H2,1-2H3,(H,19,20). The number of methoxy groups -OCH3 is 1. The summed E-state index contributed by atoms with van der Waals surface area (Å²) in [6, 6.07) is 5.54. The molecule has 0 atom stereocenters. The molecule has 0 bridgehead atoms. The van der Waals surface area contributed by atoms with Crippen LogP contribution in [-0.2, 0) is 0 Å². The average Bonchev–Trinajstić information content (AvgIpc) is 2.54. The molecule has 0 radical (unpaired) electrons. The maximum absolute atomic E-state index is 12.3. The van der Waals surface area contributed by atoms with Crippen LogP contribution in [0.4, 0.5) is 0 Å². The summed E-state index contributed by atoms with van der Waals surface area (Å²) in [5, 5.41) is 3.06. The third kappa shape index (κ3) is 3.76. The number of aryl methyl sites for hydroxylation is 1. The second-order valence-electron chi connectivity index (χ2n) is 6.13. The molecule has 1 aromatic carbocycles. The number of hydrogen-bond acceptors (Lipinski definition) is 3. The maximum Gasteiger partial charge on any atom is 0.251 e. The molecule has 1 aliphatic rings. The van der Waals surface area contributed by atoms with E-state index in [1.165, 1.54) is 19.3 Å². The highest BCUT2D eigenvalue weighted by atomic mass is 16.5. The van der Waals surface area contributed by atoms with Gasteiger partial charge < -0.3 is 15.8 Å². The fourth-order valence-electron chi connectivity index (χ4n) is 3.09. The molecule has 1 fully saturated rings. The van der Waals surface area contributed by atoms with Gasteiger partial charge in [-0.25, -0.2) is 0 Å². The molecule has 2 rings (SSSR count). The third-order valence-corrected chi connectivity index (χ3v) is 4.64. The third-order valence-electron chi connectivity index (χ3n) is 4.64. The summed E-state index contributed by atoms with van der Waals surface area (Å²) in [5.74, 6) is 0.695. The van der Waals surface area contributed by atoms with Crippen LogP contribution in [0.5, 0.6) is 5.75 Å². The number of hydrogen-bond donors (Lipinski definition) is 2. The second kappa shape index (κ2) is 6.94. The van der Waals surface area contributed by atoms with Crippen LogP contribution in [0.2, 0.25) is 0 Å². The van der Waals surface area contributed by atoms with E-state index in [2.05, 4.69) is 5.32 Å². The van der Waals surface area contributed by atoms with Gasteiger partial charge in [-0.3, -0.25) is 4.79 Å². The van der Waals surface area contributed by atoms with Gasteiger partial charge in [0.1, 0.15) is 5.75 Å². The average molecular weight is 290 g/mol. The first-order valence-corrected chi connectivity index (χ1v) is 7.73. The first-order chi connectivity index (χ1) is 10.1. The van der Waals surface area contributed by atoms with Crippen LogP contribution in [0.15, 0.2) is 18.2 Å². The van der Waals surface area contributed by atoms with Crippen LogP contribution in [0.1, 0.15) is 48.0 Å². The quantitative estimate of drug-likeness (QED) is 0.876. The summed E-state index contributed by atoms with van der Waals surface area (Å²) in [6.07, 6.45) is 5.93. The van der Waals surface area contributed by atoms with Gasteiger partial charge in [0.15, 0.2) is 0 Å². The summed E-state index contributed by atoms with van der Waals surface area (Å²) in [4.78, 5) is 12.3. The van der Waals surface area contributed by atoms with Gasteiger partial charge in [0.05, 0.1) is 7.11 Å². The van der Waals surface area contributed by atoms with Crippen molar-refractivity contribution in [2.45, 2.75) is 39.0 Å². The van der Waals surface area contributed by atoms with Crippen molar-refractivity contribution in [1.82, 2.24) is 5.32 Å². The van der Waals surface area contributed by atoms with Crippen molar-refractivity contribution in [3.63, 3.8) is 0 Å². The van der Waals surface area contributed by atoms with Crippen molar-refractivity contribution in [1.29, 1.82) is 0 Å². The molecule has 1 amide bonds. The molecule has 3 N–H and O–H groups in total. The fourth-order valence-corrected chi connectivity index (χ4v) is 3.09. The topological polar surface area (TPSA) is 64.3 Å². The molecular formula is C17H26N2O2. The highest BCUT2D eigenvalue weighted by Crippen LogP contribution is 2.34. The van der Waals surface area contributed by atoms with E-state index in [4.69, 9.17) is 10.5 Å². The van der Waals surface area contributed by atoms with Gasteiger partial charge in [0, 0.05) is 12.1 Å². The Balaban J connectivity index is 2.01. The predicted octanol–water partition coefficient (Wildman–Crippen LogP) is 2.64. The number of rotatable bonds is 5. The van der Waals surface area contributed by atoms with Crippen LogP contribution in [0, 0.1) is 12.3 Å². The van der Waals surface area contributed by atoms with Gasteiger partial charge in [-0.05, 0) is 49.4 Å². The summed E-state index contributed by atoms with van der Waals surface area (Å²) >= 11 is 0. The minimum absolute atomic E-state index is 0.0494. The van der Waals surface area contributed by atoms with E-state index in [-0.39, 0.29) is 11.3 Å². The zero-order valence-electron chi connectivity index (χ0n) is 13.1. The lowest BCUT2D eigenvalue weighted by Crippen LogP contribution is -2.43. The Morgan fingerprint density at radius 1 is 1.33 bits per heavy atom. The van der Waals surface area contributed by atoms with Crippen molar-refractivity contribution in [3.8, 4) is 5.75 Å². The van der Waals surface area contributed by atoms with Gasteiger partial charge in [0.2, 0.25) is 0 Å². The predicted molar refractivity (Wildman–Crippen MR) is 84.6 cm³/mol. The van der Waals surface area contributed by atoms with Gasteiger partial charge in [-0.15, -0.1) is 0 Å². The molecule has 4 heteroatoms. The maximum atomic E-state index is 12.3. The van der Waals surface area contributed by atoms with Crippen molar-refractivity contribution in [2.24, 2.45) is 11.1 Å². The van der Waals surface area contributed by atoms with Crippen molar-refractivity contribution >= 4 is 5.91 Å². The van der Waals surface area contributed by atoms with Crippen LogP contribution in [0.3, 0.4) is 0 Å². The van der Waals surface area contributed by atoms with E-state index in [1.807, 2.05) is 19.1 Å². The molecule has 0 spiro atoms. The first-order valence-electron chi connectivity index (χ1n) is 7.73. The molecule has 4 nitrogen and oxygen atoms in total. The van der Waals surface area contributed by atoms with E-state index in [0.717, 1.165) is 24.2 Å². The van der Waals surface area contributed by atoms with E-state index >= 15 is 0 Å². The van der Waals surface area contributed by atoms with Gasteiger partial charge in [-0.2, -0.15) is 0 Å². The van der Waals surface area contributed by atoms with Gasteiger partial charge in [-0.1, -0.05) is 25.3 Å². The zero-order valence-corrected chi connectivity index (χ0v) is 13.1. The minimum Gasteiger partial charge on any atom is -0.496 e. The van der Waals surface area contributed by atoms with E-state index in [9.17, 15) is 4.79 Å². The van der Waals surface area contributed by atoms with Crippen molar-refractivity contribution in [2.75, 3.05) is 20.2 Å². The second-order valence-corrected chi connectivity index (χ2v) is 6.13. The molecular weight excluding hydrogens is 264 g/mol. The lowest BCUT2D eigenvalue weighted by Gasteiger charge is -2.36. The number of nitrogens with one attached hydrogen (secondary N) is 1. The molecule has 21 heavy (non-hydrogen) atoms. The molecule has 0 aromatic heterocycles. The zero-order chi connectivity index (χ0) is 15.3. The molecule has 0 heterocycles. The fraction of sp³-hybridized carbons (Fsp3) is 0.588. The van der Waals surface area contributed by atoms with Crippen molar-refractivity contribution < 1.29 is 9.53 Å². The Bertz CT molecular complexity index is 494. The number of carbonyl (C=O) groups excluding carboxylic acids is 1. The Morgan fingerprint density at radius 2 is 2.05 bits per heavy atom. The lowest BCUT2D eigenvalue weighted by atomic mass is 9.74. The summed E-state index contributed by atoms with van der Waals surface area (Å²) in [5.41, 5.74) is 7.71. The molecule has 0 aliphatic heterocycles. The number of ether oxygens (including phenoxy) is 1. The summed E-state index contributed by atoms with van der Waals surface area (Å²) < 4.78 is 5.27. The Kier molecular flexibility index (Phi) is 5.23. The first kappa shape index (κ1) is 15.8. The SMILES string of the molecule is COc1cc(C(=O)NCC2(CN)CCCCC2)ccc1C. The summed E-state index contributed by atoms with van der Waals surface area (Å²) in [6.45, 7) is 3.27. The van der Waals surface area contributed by atoms with E-state index in [1.54, 1.807) is 13.2 Å². The monoisotopic (exact) mass is 290 g/mol. The molecule has 0 unspecified atom stereocenters. The van der Waals surface area contributed by atoms with Gasteiger partial charge >= 0.3 is 0 Å². The van der Waals surface area contributed by atoms with E-state index < -0.39 is 0 Å². The van der Waals surface area contributed by atoms with Crippen LogP contribution < -0.4 is 15.8 Å². The summed E-state index contributed by atoms with van der Waals surface area (Å²) in [7, 11) is 1.62. The highest BCUT2D eigenvalue weighted by Gasteiger charge is 2.31. The molecule has 116 valence electrons. The Hall–Kier alpha value is -1.55. The highest BCUT2D eigenvalue weighted by molar-refractivity contribution is 5.94. The normalized spacial score (nSPS) is 17.3. The molecule has 1 aromatic rings. The van der Waals surface area contributed by atoms with E-state index in [0.29, 0.717) is 18.7 Å². The lowest BCUT2D eigenvalue weighted by molar-refractivity contribution is 0.0913. The Morgan fingerprint density at radius 3 is 2.67 bits per heavy atom. The van der Waals surface area contributed by atoms with Crippen LogP contribution in [0.25, 0.3) is 0 Å². The van der Waals surface area contributed by atoms with Crippen LogP contribution in [-0.4, -0.2) is 26.1 Å². The number of carbonyl (C=O) groups is 1. The smallest absolute Gasteiger partial charge is 0.251 e. The number of amides is 1. The molecule has 0 saturated heterocycles. The minimum atomic E-state index is -0.0494. The van der Waals surface area contributed by atoms with Crippen LogP contribution >= 0.6 is 0 Å².